The maximum Gasteiger partial charge on any atom is 0.119 e. The Morgan fingerprint density at radius 2 is 1.56 bits per heavy atom. The van der Waals surface area contributed by atoms with Gasteiger partial charge in [0.1, 0.15) is 11.5 Å². The quantitative estimate of drug-likeness (QED) is 0.806. The molecule has 0 aliphatic carbocycles. The van der Waals surface area contributed by atoms with Gasteiger partial charge in [-0.1, -0.05) is 30.3 Å². The lowest BCUT2D eigenvalue weighted by molar-refractivity contribution is 0.462. The zero-order valence-corrected chi connectivity index (χ0v) is 9.14. The number of benzene rings is 2. The van der Waals surface area contributed by atoms with Crippen molar-refractivity contribution in [3.63, 3.8) is 0 Å². The van der Waals surface area contributed by atoms with Gasteiger partial charge in [0.2, 0.25) is 0 Å². The second-order valence-electron chi connectivity index (χ2n) is 3.88. The topological polar surface area (TPSA) is 40.5 Å². The summed E-state index contributed by atoms with van der Waals surface area (Å²) in [6.45, 7) is 1.95. The molecule has 2 heteroatoms. The highest BCUT2D eigenvalue weighted by Gasteiger charge is 2.07. The van der Waals surface area contributed by atoms with E-state index in [2.05, 4.69) is 0 Å². The molecule has 0 unspecified atom stereocenters. The molecule has 0 bridgehead atoms. The molecule has 0 amide bonds. The van der Waals surface area contributed by atoms with Crippen molar-refractivity contribution in [3.05, 3.63) is 59.2 Å². The summed E-state index contributed by atoms with van der Waals surface area (Å²) in [4.78, 5) is 0. The van der Waals surface area contributed by atoms with Crippen molar-refractivity contribution in [2.24, 2.45) is 0 Å². The molecule has 0 aliphatic heterocycles. The van der Waals surface area contributed by atoms with Gasteiger partial charge < -0.3 is 10.2 Å². The normalized spacial score (nSPS) is 10.3. The van der Waals surface area contributed by atoms with Gasteiger partial charge in [-0.05, 0) is 30.2 Å². The number of aromatic hydroxyl groups is 2. The lowest BCUT2D eigenvalue weighted by Crippen LogP contribution is -1.92. The molecule has 0 heterocycles. The molecular weight excluding hydrogens is 200 g/mol. The van der Waals surface area contributed by atoms with E-state index >= 15 is 0 Å². The second kappa shape index (κ2) is 4.27. The number of phenolic OH excluding ortho intramolecular Hbond substituents is 2. The Labute approximate surface area is 94.8 Å². The third-order valence-electron chi connectivity index (χ3n) is 2.74. The second-order valence-corrected chi connectivity index (χ2v) is 3.88. The minimum absolute atomic E-state index is 0.269. The van der Waals surface area contributed by atoms with Crippen molar-refractivity contribution in [1.29, 1.82) is 0 Å². The molecule has 0 saturated heterocycles. The molecule has 0 aromatic heterocycles. The van der Waals surface area contributed by atoms with E-state index in [4.69, 9.17) is 0 Å². The van der Waals surface area contributed by atoms with Gasteiger partial charge in [-0.15, -0.1) is 0 Å². The van der Waals surface area contributed by atoms with Crippen molar-refractivity contribution in [3.8, 4) is 11.5 Å². The number of hydrogen-bond donors (Lipinski definition) is 2. The van der Waals surface area contributed by atoms with E-state index in [1.807, 2.05) is 31.2 Å². The summed E-state index contributed by atoms with van der Waals surface area (Å²) in [6.07, 6.45) is 0.547. The van der Waals surface area contributed by atoms with Crippen LogP contribution in [0.2, 0.25) is 0 Å². The first kappa shape index (κ1) is 10.6. The zero-order valence-electron chi connectivity index (χ0n) is 9.14. The summed E-state index contributed by atoms with van der Waals surface area (Å²) >= 11 is 0. The third kappa shape index (κ3) is 2.01. The van der Waals surface area contributed by atoms with Crippen LogP contribution in [-0.2, 0) is 6.42 Å². The van der Waals surface area contributed by atoms with Crippen LogP contribution >= 0.6 is 0 Å². The fraction of sp³-hybridized carbons (Fsp3) is 0.143. The summed E-state index contributed by atoms with van der Waals surface area (Å²) < 4.78 is 0. The van der Waals surface area contributed by atoms with Crippen LogP contribution < -0.4 is 0 Å². The van der Waals surface area contributed by atoms with Crippen LogP contribution in [0, 0.1) is 6.92 Å². The molecule has 2 rings (SSSR count). The number of hydrogen-bond acceptors (Lipinski definition) is 2. The molecule has 0 spiro atoms. The number of rotatable bonds is 2. The van der Waals surface area contributed by atoms with E-state index < -0.39 is 0 Å². The monoisotopic (exact) mass is 214 g/mol. The van der Waals surface area contributed by atoms with Gasteiger partial charge in [-0.3, -0.25) is 0 Å². The van der Waals surface area contributed by atoms with E-state index in [1.54, 1.807) is 18.2 Å². The highest BCUT2D eigenvalue weighted by Crippen LogP contribution is 2.27. The lowest BCUT2D eigenvalue weighted by atomic mass is 9.99. The van der Waals surface area contributed by atoms with Gasteiger partial charge in [0, 0.05) is 12.0 Å². The number of para-hydroxylation sites is 1. The van der Waals surface area contributed by atoms with Crippen LogP contribution in [-0.4, -0.2) is 10.2 Å². The number of aryl methyl sites for hydroxylation is 1. The minimum Gasteiger partial charge on any atom is -0.508 e. The SMILES string of the molecule is Cc1cccc(O)c1Cc1ccccc1O. The predicted octanol–water partition coefficient (Wildman–Crippen LogP) is 3.00. The van der Waals surface area contributed by atoms with Crippen LogP contribution in [0.4, 0.5) is 0 Å². The molecule has 2 nitrogen and oxygen atoms in total. The fourth-order valence-electron chi connectivity index (χ4n) is 1.77. The van der Waals surface area contributed by atoms with Crippen LogP contribution in [0.15, 0.2) is 42.5 Å². The van der Waals surface area contributed by atoms with Gasteiger partial charge in [-0.25, -0.2) is 0 Å². The Bertz CT molecular complexity index is 484. The average Bonchev–Trinajstić information content (AvgIpc) is 2.26. The first-order chi connectivity index (χ1) is 7.68. The average molecular weight is 214 g/mol. The predicted molar refractivity (Wildman–Crippen MR) is 63.8 cm³/mol. The van der Waals surface area contributed by atoms with Crippen molar-refractivity contribution in [2.75, 3.05) is 0 Å². The summed E-state index contributed by atoms with van der Waals surface area (Å²) in [7, 11) is 0. The van der Waals surface area contributed by atoms with E-state index in [0.29, 0.717) is 6.42 Å². The Balaban J connectivity index is 2.38. The smallest absolute Gasteiger partial charge is 0.119 e. The largest absolute Gasteiger partial charge is 0.508 e. The molecular formula is C14H14O2. The highest BCUT2D eigenvalue weighted by molar-refractivity contribution is 5.44. The van der Waals surface area contributed by atoms with E-state index in [-0.39, 0.29) is 11.5 Å². The van der Waals surface area contributed by atoms with Gasteiger partial charge in [0.05, 0.1) is 0 Å². The maximum atomic E-state index is 9.76. The standard InChI is InChI=1S/C14H14O2/c1-10-5-4-8-14(16)12(10)9-11-6-2-3-7-13(11)15/h2-8,15-16H,9H2,1H3. The Hall–Kier alpha value is -1.96. The van der Waals surface area contributed by atoms with Crippen molar-refractivity contribution in [2.45, 2.75) is 13.3 Å². The van der Waals surface area contributed by atoms with Gasteiger partial charge in [0.25, 0.3) is 0 Å². The molecule has 2 aromatic rings. The Kier molecular flexibility index (Phi) is 2.82. The van der Waals surface area contributed by atoms with Crippen LogP contribution in [0.1, 0.15) is 16.7 Å². The van der Waals surface area contributed by atoms with Gasteiger partial charge in [0.15, 0.2) is 0 Å². The molecule has 0 saturated carbocycles. The molecule has 0 fully saturated rings. The van der Waals surface area contributed by atoms with Crippen LogP contribution in [0.3, 0.4) is 0 Å². The van der Waals surface area contributed by atoms with Crippen LogP contribution in [0.5, 0.6) is 11.5 Å². The minimum atomic E-state index is 0.269. The Morgan fingerprint density at radius 1 is 0.875 bits per heavy atom. The van der Waals surface area contributed by atoms with Crippen LogP contribution in [0.25, 0.3) is 0 Å². The molecule has 0 radical (unpaired) electrons. The van der Waals surface area contributed by atoms with Crippen molar-refractivity contribution in [1.82, 2.24) is 0 Å². The highest BCUT2D eigenvalue weighted by atomic mass is 16.3. The number of phenols is 2. The van der Waals surface area contributed by atoms with Gasteiger partial charge in [-0.2, -0.15) is 0 Å². The fourth-order valence-corrected chi connectivity index (χ4v) is 1.77. The lowest BCUT2D eigenvalue weighted by Gasteiger charge is -2.09. The Morgan fingerprint density at radius 3 is 2.25 bits per heavy atom. The van der Waals surface area contributed by atoms with Crippen molar-refractivity contribution >= 4 is 0 Å². The van der Waals surface area contributed by atoms with E-state index in [1.165, 1.54) is 0 Å². The first-order valence-electron chi connectivity index (χ1n) is 5.23. The summed E-state index contributed by atoms with van der Waals surface area (Å²) in [5.74, 6) is 0.549. The summed E-state index contributed by atoms with van der Waals surface area (Å²) in [6, 6.07) is 12.6. The maximum absolute atomic E-state index is 9.76. The van der Waals surface area contributed by atoms with E-state index in [0.717, 1.165) is 16.7 Å². The van der Waals surface area contributed by atoms with Crippen molar-refractivity contribution < 1.29 is 10.2 Å². The first-order valence-corrected chi connectivity index (χ1v) is 5.23. The molecule has 16 heavy (non-hydrogen) atoms. The molecule has 2 N–H and O–H groups in total. The molecule has 2 aromatic carbocycles. The third-order valence-corrected chi connectivity index (χ3v) is 2.74. The summed E-state index contributed by atoms with van der Waals surface area (Å²) in [5.41, 5.74) is 2.72. The zero-order chi connectivity index (χ0) is 11.5. The molecule has 0 atom stereocenters. The van der Waals surface area contributed by atoms with Gasteiger partial charge >= 0.3 is 0 Å². The van der Waals surface area contributed by atoms with E-state index in [9.17, 15) is 10.2 Å². The molecule has 0 aliphatic rings. The molecule has 82 valence electrons. The summed E-state index contributed by atoms with van der Waals surface area (Å²) in [5, 5.41) is 19.4.